The van der Waals surface area contributed by atoms with E-state index >= 15 is 0 Å². The van der Waals surface area contributed by atoms with E-state index in [1.54, 1.807) is 0 Å². The van der Waals surface area contributed by atoms with Gasteiger partial charge in [0.2, 0.25) is 0 Å². The highest BCUT2D eigenvalue weighted by Gasteiger charge is 2.34. The maximum absolute atomic E-state index is 11.7. The minimum atomic E-state index is -0.456. The molecule has 1 aromatic heterocycles. The number of hydrogen-bond donors (Lipinski definition) is 1. The molecule has 0 amide bonds. The summed E-state index contributed by atoms with van der Waals surface area (Å²) in [6, 6.07) is 1.01. The zero-order valence-electron chi connectivity index (χ0n) is 12.1. The van der Waals surface area contributed by atoms with E-state index in [0.717, 1.165) is 25.2 Å². The summed E-state index contributed by atoms with van der Waals surface area (Å²) in [5.41, 5.74) is 6.38. The molecule has 110 valence electrons. The number of esters is 1. The van der Waals surface area contributed by atoms with Gasteiger partial charge in [-0.2, -0.15) is 0 Å². The van der Waals surface area contributed by atoms with E-state index in [-0.39, 0.29) is 5.69 Å². The Bertz CT molecular complexity index is 525. The number of fused-ring (bicyclic) bond motifs is 1. The standard InChI is InChI=1S/C14H22N4O2/c1-9-16-12(14(19)20-2)13(15)18(9)11-5-7-17-6-3-4-10(17)8-11/h10-11H,3-8,15H2,1-2H3. The van der Waals surface area contributed by atoms with E-state index < -0.39 is 5.97 Å². The first-order valence-corrected chi connectivity index (χ1v) is 7.28. The second-order valence-electron chi connectivity index (χ2n) is 5.76. The highest BCUT2D eigenvalue weighted by molar-refractivity contribution is 5.92. The molecule has 2 atom stereocenters. The fourth-order valence-corrected chi connectivity index (χ4v) is 3.71. The smallest absolute Gasteiger partial charge is 0.360 e. The fourth-order valence-electron chi connectivity index (χ4n) is 3.71. The number of piperidine rings is 1. The second kappa shape index (κ2) is 5.09. The van der Waals surface area contributed by atoms with Gasteiger partial charge in [-0.15, -0.1) is 0 Å². The van der Waals surface area contributed by atoms with E-state index in [9.17, 15) is 4.79 Å². The van der Waals surface area contributed by atoms with Gasteiger partial charge in [0.25, 0.3) is 0 Å². The van der Waals surface area contributed by atoms with Gasteiger partial charge in [-0.25, -0.2) is 9.78 Å². The van der Waals surface area contributed by atoms with Crippen LogP contribution in [0.5, 0.6) is 0 Å². The summed E-state index contributed by atoms with van der Waals surface area (Å²) in [5.74, 6) is 0.799. The maximum Gasteiger partial charge on any atom is 0.360 e. The van der Waals surface area contributed by atoms with Gasteiger partial charge < -0.3 is 19.9 Å². The van der Waals surface area contributed by atoms with Crippen LogP contribution in [0.4, 0.5) is 5.82 Å². The van der Waals surface area contributed by atoms with Gasteiger partial charge in [0.1, 0.15) is 11.6 Å². The van der Waals surface area contributed by atoms with Crippen LogP contribution in [0.15, 0.2) is 0 Å². The highest BCUT2D eigenvalue weighted by Crippen LogP contribution is 2.35. The number of aromatic nitrogens is 2. The summed E-state index contributed by atoms with van der Waals surface area (Å²) < 4.78 is 6.77. The zero-order chi connectivity index (χ0) is 14.3. The molecule has 2 saturated heterocycles. The lowest BCUT2D eigenvalue weighted by molar-refractivity contribution is 0.0595. The van der Waals surface area contributed by atoms with Crippen LogP contribution in [-0.2, 0) is 4.74 Å². The molecule has 2 N–H and O–H groups in total. The van der Waals surface area contributed by atoms with Crippen LogP contribution >= 0.6 is 0 Å². The molecule has 0 bridgehead atoms. The summed E-state index contributed by atoms with van der Waals surface area (Å²) in [6.45, 7) is 4.24. The summed E-state index contributed by atoms with van der Waals surface area (Å²) in [4.78, 5) is 18.5. The number of anilines is 1. The van der Waals surface area contributed by atoms with E-state index in [1.165, 1.54) is 26.5 Å². The Kier molecular flexibility index (Phi) is 3.41. The summed E-state index contributed by atoms with van der Waals surface area (Å²) >= 11 is 0. The van der Waals surface area contributed by atoms with Crippen LogP contribution in [0.25, 0.3) is 0 Å². The first-order chi connectivity index (χ1) is 9.61. The number of nitrogen functional groups attached to an aromatic ring is 1. The Balaban J connectivity index is 1.87. The number of rotatable bonds is 2. The molecule has 0 saturated carbocycles. The summed E-state index contributed by atoms with van der Waals surface area (Å²) in [5, 5.41) is 0. The maximum atomic E-state index is 11.7. The molecule has 0 aliphatic carbocycles. The van der Waals surface area contributed by atoms with Crippen LogP contribution in [-0.4, -0.2) is 46.7 Å². The fraction of sp³-hybridized carbons (Fsp3) is 0.714. The van der Waals surface area contributed by atoms with Crippen molar-refractivity contribution in [3.8, 4) is 0 Å². The minimum absolute atomic E-state index is 0.249. The van der Waals surface area contributed by atoms with Gasteiger partial charge in [0, 0.05) is 18.6 Å². The number of aryl methyl sites for hydroxylation is 1. The predicted octanol–water partition coefficient (Wildman–Crippen LogP) is 1.36. The highest BCUT2D eigenvalue weighted by atomic mass is 16.5. The van der Waals surface area contributed by atoms with Crippen molar-refractivity contribution in [2.24, 2.45) is 0 Å². The molecule has 0 radical (unpaired) electrons. The minimum Gasteiger partial charge on any atom is -0.464 e. The van der Waals surface area contributed by atoms with Crippen LogP contribution in [0.2, 0.25) is 0 Å². The van der Waals surface area contributed by atoms with E-state index in [2.05, 4.69) is 9.88 Å². The monoisotopic (exact) mass is 278 g/mol. The van der Waals surface area contributed by atoms with Crippen molar-refractivity contribution in [2.75, 3.05) is 25.9 Å². The molecule has 0 aromatic carbocycles. The van der Waals surface area contributed by atoms with Crippen molar-refractivity contribution in [1.82, 2.24) is 14.5 Å². The Labute approximate surface area is 118 Å². The van der Waals surface area contributed by atoms with Crippen molar-refractivity contribution < 1.29 is 9.53 Å². The third-order valence-corrected chi connectivity index (χ3v) is 4.66. The molecule has 3 heterocycles. The van der Waals surface area contributed by atoms with Crippen molar-refractivity contribution in [3.63, 3.8) is 0 Å². The number of nitrogens with two attached hydrogens (primary N) is 1. The van der Waals surface area contributed by atoms with Crippen LogP contribution in [0.3, 0.4) is 0 Å². The van der Waals surface area contributed by atoms with Gasteiger partial charge in [0.05, 0.1) is 7.11 Å². The summed E-state index contributed by atoms with van der Waals surface area (Å²) in [7, 11) is 1.35. The second-order valence-corrected chi connectivity index (χ2v) is 5.76. The molecule has 6 nitrogen and oxygen atoms in total. The largest absolute Gasteiger partial charge is 0.464 e. The third kappa shape index (κ3) is 2.08. The van der Waals surface area contributed by atoms with Crippen molar-refractivity contribution >= 4 is 11.8 Å². The lowest BCUT2D eigenvalue weighted by Gasteiger charge is -2.36. The Morgan fingerprint density at radius 1 is 1.35 bits per heavy atom. The van der Waals surface area contributed by atoms with Crippen molar-refractivity contribution in [1.29, 1.82) is 0 Å². The predicted molar refractivity (Wildman–Crippen MR) is 75.6 cm³/mol. The first-order valence-electron chi connectivity index (χ1n) is 7.28. The average molecular weight is 278 g/mol. The van der Waals surface area contributed by atoms with Crippen molar-refractivity contribution in [2.45, 2.75) is 44.7 Å². The Hall–Kier alpha value is -1.56. The van der Waals surface area contributed by atoms with Gasteiger partial charge in [0.15, 0.2) is 5.69 Å². The normalized spacial score (nSPS) is 26.5. The molecular weight excluding hydrogens is 256 g/mol. The molecule has 6 heteroatoms. The molecule has 2 aliphatic rings. The van der Waals surface area contributed by atoms with Crippen LogP contribution in [0.1, 0.15) is 48.0 Å². The van der Waals surface area contributed by atoms with Crippen LogP contribution < -0.4 is 5.73 Å². The van der Waals surface area contributed by atoms with E-state index in [4.69, 9.17) is 10.5 Å². The SMILES string of the molecule is COC(=O)c1nc(C)n(C2CCN3CCCC3C2)c1N. The number of imidazole rings is 1. The molecule has 2 aliphatic heterocycles. The Morgan fingerprint density at radius 2 is 2.15 bits per heavy atom. The number of carbonyl (C=O) groups is 1. The molecule has 3 rings (SSSR count). The van der Waals surface area contributed by atoms with Gasteiger partial charge in [-0.1, -0.05) is 0 Å². The molecule has 2 fully saturated rings. The summed E-state index contributed by atoms with van der Waals surface area (Å²) in [6.07, 6.45) is 4.73. The molecular formula is C14H22N4O2. The van der Waals surface area contributed by atoms with Gasteiger partial charge in [-0.05, 0) is 39.2 Å². The van der Waals surface area contributed by atoms with E-state index in [1.807, 2.05) is 11.5 Å². The quantitative estimate of drug-likeness (QED) is 0.827. The van der Waals surface area contributed by atoms with E-state index in [0.29, 0.717) is 17.9 Å². The molecule has 20 heavy (non-hydrogen) atoms. The van der Waals surface area contributed by atoms with Gasteiger partial charge in [-0.3, -0.25) is 0 Å². The number of methoxy groups -OCH3 is 1. The topological polar surface area (TPSA) is 73.4 Å². The number of nitrogens with zero attached hydrogens (tertiary/aromatic N) is 3. The third-order valence-electron chi connectivity index (χ3n) is 4.66. The zero-order valence-corrected chi connectivity index (χ0v) is 12.1. The van der Waals surface area contributed by atoms with Crippen LogP contribution in [0, 0.1) is 6.92 Å². The molecule has 2 unspecified atom stereocenters. The lowest BCUT2D eigenvalue weighted by Crippen LogP contribution is -2.39. The number of carbonyl (C=O) groups excluding carboxylic acids is 1. The lowest BCUT2D eigenvalue weighted by atomic mass is 9.97. The first kappa shape index (κ1) is 13.4. The molecule has 0 spiro atoms. The average Bonchev–Trinajstić information content (AvgIpc) is 3.01. The Morgan fingerprint density at radius 3 is 2.90 bits per heavy atom. The number of hydrogen-bond acceptors (Lipinski definition) is 5. The number of ether oxygens (including phenoxy) is 1. The van der Waals surface area contributed by atoms with Crippen molar-refractivity contribution in [3.05, 3.63) is 11.5 Å². The van der Waals surface area contributed by atoms with Gasteiger partial charge >= 0.3 is 5.97 Å². The molecule has 1 aromatic rings.